The molecule has 2 fully saturated rings. The highest BCUT2D eigenvalue weighted by Crippen LogP contribution is 2.49. The van der Waals surface area contributed by atoms with Gasteiger partial charge in [-0.1, -0.05) is 23.9 Å². The van der Waals surface area contributed by atoms with Crippen LogP contribution in [0, 0.1) is 20.2 Å². The Morgan fingerprint density at radius 1 is 1.03 bits per heavy atom. The molecule has 3 aromatic rings. The summed E-state index contributed by atoms with van der Waals surface area (Å²) in [4.78, 5) is 21.9. The van der Waals surface area contributed by atoms with Gasteiger partial charge in [-0.25, -0.2) is 10.9 Å². The molecule has 0 radical (unpaired) electrons. The molecule has 0 amide bonds. The number of aromatic hydroxyl groups is 1. The highest BCUT2D eigenvalue weighted by molar-refractivity contribution is 8.14. The number of nitro benzene ring substituents is 2. The maximum atomic E-state index is 11.9. The van der Waals surface area contributed by atoms with Gasteiger partial charge in [0.15, 0.2) is 11.3 Å². The lowest BCUT2D eigenvalue weighted by Crippen LogP contribution is -2.58. The van der Waals surface area contributed by atoms with E-state index in [1.807, 2.05) is 5.01 Å². The molecule has 184 valence electrons. The minimum atomic E-state index is -0.668. The Morgan fingerprint density at radius 3 is 2.53 bits per heavy atom. The third kappa shape index (κ3) is 3.57. The van der Waals surface area contributed by atoms with Crippen LogP contribution < -0.4 is 21.3 Å². The Bertz CT molecular complexity index is 1370. The Balaban J connectivity index is 1.41. The monoisotopic (exact) mass is 510 g/mol. The van der Waals surface area contributed by atoms with Crippen molar-refractivity contribution in [2.45, 2.75) is 23.6 Å². The zero-order valence-electron chi connectivity index (χ0n) is 18.2. The summed E-state index contributed by atoms with van der Waals surface area (Å²) in [7, 11) is 0. The minimum Gasteiger partial charge on any atom is -0.508 e. The molecule has 36 heavy (non-hydrogen) atoms. The zero-order chi connectivity index (χ0) is 25.0. The second kappa shape index (κ2) is 8.40. The number of nitrogens with zero attached hydrogens (tertiary/aromatic N) is 5. The quantitative estimate of drug-likeness (QED) is 0.292. The number of furan rings is 1. The first-order valence-electron chi connectivity index (χ1n) is 10.8. The maximum absolute atomic E-state index is 11.9. The van der Waals surface area contributed by atoms with Gasteiger partial charge in [0.25, 0.3) is 5.69 Å². The highest BCUT2D eigenvalue weighted by Gasteiger charge is 2.54. The number of non-ortho nitro benzene ring substituents is 1. The van der Waals surface area contributed by atoms with E-state index in [0.717, 1.165) is 11.6 Å². The van der Waals surface area contributed by atoms with Crippen molar-refractivity contribution in [3.8, 4) is 5.75 Å². The molecular weight excluding hydrogens is 492 g/mol. The van der Waals surface area contributed by atoms with E-state index in [-0.39, 0.29) is 28.5 Å². The van der Waals surface area contributed by atoms with Crippen LogP contribution in [0.15, 0.2) is 70.4 Å². The third-order valence-electron chi connectivity index (χ3n) is 6.14. The second-order valence-electron chi connectivity index (χ2n) is 8.22. The molecule has 3 aliphatic heterocycles. The van der Waals surface area contributed by atoms with Crippen molar-refractivity contribution < 1.29 is 19.4 Å². The lowest BCUT2D eigenvalue weighted by Gasteiger charge is -2.34. The van der Waals surface area contributed by atoms with E-state index in [4.69, 9.17) is 4.42 Å². The fourth-order valence-electron chi connectivity index (χ4n) is 4.54. The number of phenolic OH excluding ortho intramolecular Hbond substituents is 1. The lowest BCUT2D eigenvalue weighted by atomic mass is 10.0. The number of fused-ring (bicyclic) bond motifs is 3. The van der Waals surface area contributed by atoms with Gasteiger partial charge in [0, 0.05) is 6.07 Å². The van der Waals surface area contributed by atoms with Crippen molar-refractivity contribution in [1.82, 2.24) is 21.3 Å². The Hall–Kier alpha value is -4.34. The number of hydrazine groups is 2. The average molecular weight is 510 g/mol. The molecule has 4 N–H and O–H groups in total. The van der Waals surface area contributed by atoms with Crippen molar-refractivity contribution in [3.05, 3.63) is 92.4 Å². The van der Waals surface area contributed by atoms with Gasteiger partial charge in [-0.15, -0.1) is 0 Å². The van der Waals surface area contributed by atoms with Crippen molar-refractivity contribution in [1.29, 1.82) is 0 Å². The van der Waals surface area contributed by atoms with Crippen LogP contribution in [0.2, 0.25) is 0 Å². The number of thioether (sulfide) groups is 1. The van der Waals surface area contributed by atoms with Crippen LogP contribution in [0.1, 0.15) is 23.5 Å². The predicted molar refractivity (Wildman–Crippen MR) is 128 cm³/mol. The minimum absolute atomic E-state index is 0.0853. The number of nitrogens with one attached hydrogen (secondary N) is 3. The van der Waals surface area contributed by atoms with E-state index in [1.54, 1.807) is 47.7 Å². The third-order valence-corrected chi connectivity index (χ3v) is 7.43. The van der Waals surface area contributed by atoms with Crippen LogP contribution in [0.5, 0.6) is 5.75 Å². The van der Waals surface area contributed by atoms with Crippen molar-refractivity contribution in [3.63, 3.8) is 0 Å². The highest BCUT2D eigenvalue weighted by atomic mass is 32.2. The number of benzene rings is 2. The molecule has 0 bridgehead atoms. The Kier molecular flexibility index (Phi) is 5.17. The van der Waals surface area contributed by atoms with Crippen LogP contribution in [0.4, 0.5) is 17.1 Å². The first-order chi connectivity index (χ1) is 17.4. The summed E-state index contributed by atoms with van der Waals surface area (Å²) in [6.07, 6.45) is 0.741. The molecule has 1 aromatic heterocycles. The Morgan fingerprint density at radius 2 is 1.83 bits per heavy atom. The molecule has 6 rings (SSSR count). The van der Waals surface area contributed by atoms with Crippen LogP contribution in [-0.2, 0) is 0 Å². The molecule has 3 aliphatic rings. The van der Waals surface area contributed by atoms with E-state index in [0.29, 0.717) is 10.9 Å². The molecule has 2 saturated heterocycles. The normalized spacial score (nSPS) is 24.6. The van der Waals surface area contributed by atoms with Crippen LogP contribution in [-0.4, -0.2) is 36.5 Å². The van der Waals surface area contributed by atoms with Gasteiger partial charge in [0.1, 0.15) is 23.4 Å². The summed E-state index contributed by atoms with van der Waals surface area (Å²) in [5.74, 6) is 0.712. The molecule has 4 atom stereocenters. The molecule has 4 heterocycles. The summed E-state index contributed by atoms with van der Waals surface area (Å²) in [5.41, 5.74) is 9.87. The predicted octanol–water partition coefficient (Wildman–Crippen LogP) is 2.69. The van der Waals surface area contributed by atoms with Gasteiger partial charge < -0.3 is 9.52 Å². The number of phenols is 1. The molecule has 4 unspecified atom stereocenters. The number of anilines is 1. The number of rotatable bonds is 5. The van der Waals surface area contributed by atoms with Gasteiger partial charge >= 0.3 is 5.69 Å². The van der Waals surface area contributed by atoms with Gasteiger partial charge in [-0.2, -0.15) is 5.10 Å². The molecular formula is C21H18N8O6S. The number of nitro groups is 2. The molecule has 0 aliphatic carbocycles. The topological polar surface area (TPSA) is 175 Å². The second-order valence-corrected chi connectivity index (χ2v) is 9.37. The van der Waals surface area contributed by atoms with E-state index >= 15 is 0 Å². The van der Waals surface area contributed by atoms with Crippen LogP contribution in [0.25, 0.3) is 0 Å². The summed E-state index contributed by atoms with van der Waals surface area (Å²) >= 11 is 1.47. The number of hydrazone groups is 1. The van der Waals surface area contributed by atoms with E-state index < -0.39 is 27.7 Å². The largest absolute Gasteiger partial charge is 0.508 e. The van der Waals surface area contributed by atoms with E-state index in [1.165, 1.54) is 23.9 Å². The average Bonchev–Trinajstić information content (AvgIpc) is 3.60. The lowest BCUT2D eigenvalue weighted by molar-refractivity contribution is -0.393. The van der Waals surface area contributed by atoms with Gasteiger partial charge in [0.2, 0.25) is 0 Å². The summed E-state index contributed by atoms with van der Waals surface area (Å²) in [6, 6.07) is 13.3. The first-order valence-corrected chi connectivity index (χ1v) is 11.6. The SMILES string of the molecule is O=[N+]([O-])c1ccc(N2NC3C(SC4=NNC(c5ccco5)NN43)C2c2ccc(O)cc2)c([N+](=O)[O-])c1. The smallest absolute Gasteiger partial charge is 0.300 e. The number of hydrogen-bond donors (Lipinski definition) is 4. The molecule has 2 aromatic carbocycles. The molecule has 14 nitrogen and oxygen atoms in total. The van der Waals surface area contributed by atoms with E-state index in [9.17, 15) is 25.3 Å². The maximum Gasteiger partial charge on any atom is 0.300 e. The standard InChI is InChI=1S/C21H18N8O6S/c30-13-6-3-11(4-7-13)17-18-20(27-21(36-18)23-22-19(24-27)16-2-1-9-35-16)25-26(17)14-8-5-12(28(31)32)10-15(14)29(33)34/h1-10,17-20,22,24-25,30H. The summed E-state index contributed by atoms with van der Waals surface area (Å²) in [6.45, 7) is 0. The molecule has 15 heteroatoms. The van der Waals surface area contributed by atoms with Crippen LogP contribution in [0.3, 0.4) is 0 Å². The molecule has 0 spiro atoms. The van der Waals surface area contributed by atoms with E-state index in [2.05, 4.69) is 21.4 Å². The summed E-state index contributed by atoms with van der Waals surface area (Å²) in [5, 5.41) is 41.4. The van der Waals surface area contributed by atoms with Crippen molar-refractivity contribution in [2.75, 3.05) is 5.01 Å². The van der Waals surface area contributed by atoms with Crippen molar-refractivity contribution in [2.24, 2.45) is 5.10 Å². The first kappa shape index (κ1) is 22.1. The van der Waals surface area contributed by atoms with Gasteiger partial charge in [-0.05, 0) is 35.9 Å². The Labute approximate surface area is 206 Å². The van der Waals surface area contributed by atoms with Gasteiger partial charge in [0.05, 0.1) is 33.5 Å². The fraction of sp³-hybridized carbons (Fsp3) is 0.190. The number of amidine groups is 1. The van der Waals surface area contributed by atoms with Crippen molar-refractivity contribution >= 4 is 34.0 Å². The number of hydrogen-bond acceptors (Lipinski definition) is 13. The summed E-state index contributed by atoms with van der Waals surface area (Å²) < 4.78 is 5.49. The molecule has 0 saturated carbocycles. The van der Waals surface area contributed by atoms with Gasteiger partial charge in [-0.3, -0.25) is 35.7 Å². The van der Waals surface area contributed by atoms with Crippen LogP contribution >= 0.6 is 11.8 Å². The fourth-order valence-corrected chi connectivity index (χ4v) is 5.89. The zero-order valence-corrected chi connectivity index (χ0v) is 19.0.